The highest BCUT2D eigenvalue weighted by molar-refractivity contribution is 7.18. The van der Waals surface area contributed by atoms with Crippen molar-refractivity contribution >= 4 is 27.8 Å². The van der Waals surface area contributed by atoms with E-state index in [2.05, 4.69) is 20.7 Å². The molecular formula is C9H7N7O2S. The number of nitro groups is 1. The fraction of sp³-hybridized carbons (Fsp3) is 0. The van der Waals surface area contributed by atoms with Crippen LogP contribution >= 0.6 is 11.3 Å². The van der Waals surface area contributed by atoms with Crippen molar-refractivity contribution in [1.29, 1.82) is 0 Å². The van der Waals surface area contributed by atoms with Crippen LogP contribution in [-0.4, -0.2) is 24.7 Å². The van der Waals surface area contributed by atoms with Crippen molar-refractivity contribution < 1.29 is 4.92 Å². The second-order valence-electron chi connectivity index (χ2n) is 3.55. The summed E-state index contributed by atoms with van der Waals surface area (Å²) in [4.78, 5) is 10.8. The Bertz CT molecular complexity index is 765. The Morgan fingerprint density at radius 2 is 2.16 bits per heavy atom. The van der Waals surface area contributed by atoms with Crippen LogP contribution in [0.5, 0.6) is 0 Å². The third-order valence-corrected chi connectivity index (χ3v) is 3.44. The van der Waals surface area contributed by atoms with E-state index in [1.807, 2.05) is 0 Å². The van der Waals surface area contributed by atoms with E-state index in [0.29, 0.717) is 22.2 Å². The molecular weight excluding hydrogens is 270 g/mol. The molecule has 0 aliphatic heterocycles. The molecule has 0 atom stereocenters. The van der Waals surface area contributed by atoms with Gasteiger partial charge in [-0.3, -0.25) is 10.1 Å². The molecule has 0 aromatic carbocycles. The Kier molecular flexibility index (Phi) is 2.58. The lowest BCUT2D eigenvalue weighted by atomic mass is 10.4. The number of hydrogen-bond acceptors (Lipinski definition) is 8. The Morgan fingerprint density at radius 3 is 2.84 bits per heavy atom. The van der Waals surface area contributed by atoms with Crippen LogP contribution in [0.15, 0.2) is 24.3 Å². The first-order valence-electron chi connectivity index (χ1n) is 5.13. The van der Waals surface area contributed by atoms with E-state index in [1.165, 1.54) is 10.6 Å². The molecule has 0 amide bonds. The number of hydrogen-bond donors (Lipinski definition) is 2. The van der Waals surface area contributed by atoms with E-state index in [4.69, 9.17) is 5.84 Å². The summed E-state index contributed by atoms with van der Waals surface area (Å²) >= 11 is 1.01. The standard InChI is InChI=1S/C9H7N7O2S/c10-11-6-2-3-7-12-13-9(15(7)14-6)5-1-4-8(19-5)16(17)18/h1-4H,10H2,(H,11,14). The second-order valence-corrected chi connectivity index (χ2v) is 4.61. The maximum Gasteiger partial charge on any atom is 0.324 e. The zero-order chi connectivity index (χ0) is 13.4. The number of nitrogens with one attached hydrogen (secondary N) is 1. The van der Waals surface area contributed by atoms with Crippen molar-refractivity contribution in [2.75, 3.05) is 5.43 Å². The Hall–Kier alpha value is -2.59. The lowest BCUT2D eigenvalue weighted by molar-refractivity contribution is -0.380. The summed E-state index contributed by atoms with van der Waals surface area (Å²) in [6, 6.07) is 6.39. The molecule has 0 saturated heterocycles. The first kappa shape index (κ1) is 11.5. The lowest BCUT2D eigenvalue weighted by Gasteiger charge is -1.99. The molecule has 19 heavy (non-hydrogen) atoms. The summed E-state index contributed by atoms with van der Waals surface area (Å²) in [5.74, 6) is 6.17. The summed E-state index contributed by atoms with van der Waals surface area (Å²) in [6.45, 7) is 0. The summed E-state index contributed by atoms with van der Waals surface area (Å²) in [7, 11) is 0. The molecule has 0 radical (unpaired) electrons. The molecule has 0 fully saturated rings. The molecule has 0 spiro atoms. The number of nitrogen functional groups attached to an aromatic ring is 1. The minimum atomic E-state index is -0.447. The zero-order valence-corrected chi connectivity index (χ0v) is 10.2. The Morgan fingerprint density at radius 1 is 1.32 bits per heavy atom. The summed E-state index contributed by atoms with van der Waals surface area (Å²) in [5, 5.41) is 22.8. The number of anilines is 1. The van der Waals surface area contributed by atoms with Gasteiger partial charge in [-0.15, -0.1) is 15.3 Å². The van der Waals surface area contributed by atoms with Gasteiger partial charge in [-0.1, -0.05) is 11.3 Å². The maximum atomic E-state index is 10.7. The lowest BCUT2D eigenvalue weighted by Crippen LogP contribution is -2.10. The smallest absolute Gasteiger partial charge is 0.307 e. The molecule has 9 nitrogen and oxygen atoms in total. The largest absolute Gasteiger partial charge is 0.324 e. The number of fused-ring (bicyclic) bond motifs is 1. The first-order chi connectivity index (χ1) is 9.19. The van der Waals surface area contributed by atoms with Crippen molar-refractivity contribution in [1.82, 2.24) is 19.8 Å². The van der Waals surface area contributed by atoms with Crippen LogP contribution in [0.25, 0.3) is 16.3 Å². The molecule has 3 aromatic heterocycles. The van der Waals surface area contributed by atoms with E-state index in [-0.39, 0.29) is 5.00 Å². The predicted molar refractivity (Wildman–Crippen MR) is 68.6 cm³/mol. The van der Waals surface area contributed by atoms with Crippen LogP contribution in [-0.2, 0) is 0 Å². The van der Waals surface area contributed by atoms with Crippen molar-refractivity contribution in [3.63, 3.8) is 0 Å². The van der Waals surface area contributed by atoms with Crippen molar-refractivity contribution in [2.45, 2.75) is 0 Å². The minimum absolute atomic E-state index is 0.0415. The molecule has 0 unspecified atom stereocenters. The fourth-order valence-corrected chi connectivity index (χ4v) is 2.36. The summed E-state index contributed by atoms with van der Waals surface area (Å²) in [5.41, 5.74) is 2.95. The molecule has 0 bridgehead atoms. The van der Waals surface area contributed by atoms with Gasteiger partial charge in [0.15, 0.2) is 17.3 Å². The molecule has 3 aromatic rings. The first-order valence-corrected chi connectivity index (χ1v) is 5.94. The van der Waals surface area contributed by atoms with E-state index >= 15 is 0 Å². The molecule has 0 aliphatic carbocycles. The Balaban J connectivity index is 2.15. The number of aromatic nitrogens is 4. The van der Waals surface area contributed by atoms with Gasteiger partial charge in [-0.25, -0.2) is 5.84 Å². The van der Waals surface area contributed by atoms with Crippen molar-refractivity contribution in [2.24, 2.45) is 5.84 Å². The van der Waals surface area contributed by atoms with Crippen molar-refractivity contribution in [3.05, 3.63) is 34.4 Å². The van der Waals surface area contributed by atoms with Crippen LogP contribution in [0.4, 0.5) is 10.8 Å². The van der Waals surface area contributed by atoms with Crippen LogP contribution in [0, 0.1) is 10.1 Å². The number of nitrogens with two attached hydrogens (primary N) is 1. The Labute approximate surface area is 109 Å². The van der Waals surface area contributed by atoms with E-state index < -0.39 is 4.92 Å². The number of thiophene rings is 1. The average Bonchev–Trinajstić information content (AvgIpc) is 3.03. The molecule has 3 N–H and O–H groups in total. The normalized spacial score (nSPS) is 10.8. The molecule has 3 heterocycles. The highest BCUT2D eigenvalue weighted by Crippen LogP contribution is 2.31. The van der Waals surface area contributed by atoms with Crippen LogP contribution in [0.2, 0.25) is 0 Å². The van der Waals surface area contributed by atoms with Gasteiger partial charge >= 0.3 is 5.00 Å². The van der Waals surface area contributed by atoms with Gasteiger partial charge in [0.1, 0.15) is 0 Å². The SMILES string of the molecule is NNc1ccc2nnc(-c3ccc([N+](=O)[O-])s3)n2n1. The minimum Gasteiger partial charge on any atom is -0.307 e. The van der Waals surface area contributed by atoms with Gasteiger partial charge in [0.05, 0.1) is 9.80 Å². The van der Waals surface area contributed by atoms with Gasteiger partial charge in [-0.2, -0.15) is 4.52 Å². The number of hydrazine groups is 1. The van der Waals surface area contributed by atoms with Crippen LogP contribution < -0.4 is 11.3 Å². The summed E-state index contributed by atoms with van der Waals surface area (Å²) in [6.07, 6.45) is 0. The summed E-state index contributed by atoms with van der Waals surface area (Å²) < 4.78 is 1.48. The monoisotopic (exact) mass is 277 g/mol. The highest BCUT2D eigenvalue weighted by atomic mass is 32.1. The third-order valence-electron chi connectivity index (χ3n) is 2.40. The fourth-order valence-electron chi connectivity index (χ4n) is 1.57. The highest BCUT2D eigenvalue weighted by Gasteiger charge is 2.16. The molecule has 10 heteroatoms. The maximum absolute atomic E-state index is 10.7. The predicted octanol–water partition coefficient (Wildman–Crippen LogP) is 1.05. The number of rotatable bonds is 3. The third kappa shape index (κ3) is 1.88. The van der Waals surface area contributed by atoms with Crippen molar-refractivity contribution in [3.8, 4) is 10.7 Å². The second kappa shape index (κ2) is 4.26. The van der Waals surface area contributed by atoms with Gasteiger partial charge in [0.2, 0.25) is 0 Å². The van der Waals surface area contributed by atoms with E-state index in [9.17, 15) is 10.1 Å². The molecule has 3 rings (SSSR count). The van der Waals surface area contributed by atoms with Gasteiger partial charge in [-0.05, 0) is 18.2 Å². The van der Waals surface area contributed by atoms with Gasteiger partial charge in [0.25, 0.3) is 0 Å². The average molecular weight is 277 g/mol. The van der Waals surface area contributed by atoms with Gasteiger partial charge in [0, 0.05) is 6.07 Å². The van der Waals surface area contributed by atoms with E-state index in [1.54, 1.807) is 18.2 Å². The zero-order valence-electron chi connectivity index (χ0n) is 9.35. The quantitative estimate of drug-likeness (QED) is 0.416. The molecule has 0 aliphatic rings. The van der Waals surface area contributed by atoms with Gasteiger partial charge < -0.3 is 5.43 Å². The molecule has 0 saturated carbocycles. The topological polar surface area (TPSA) is 124 Å². The van der Waals surface area contributed by atoms with Crippen LogP contribution in [0.1, 0.15) is 0 Å². The molecule has 96 valence electrons. The number of nitrogens with zero attached hydrogens (tertiary/aromatic N) is 5. The van der Waals surface area contributed by atoms with Crippen LogP contribution in [0.3, 0.4) is 0 Å². The van der Waals surface area contributed by atoms with E-state index in [0.717, 1.165) is 11.3 Å².